The number of nitrogens with zero attached hydrogens (tertiary/aromatic N) is 6. The average molecular weight is 493 g/mol. The SMILES string of the molecule is CC[C@H](C(=O)N1CCN(c2nc3cc(Cl)ccc3c3nnc(COC)n23)C[C@@H]1C)c1ccccc1. The van der Waals surface area contributed by atoms with Crippen LogP contribution in [0.4, 0.5) is 5.95 Å². The molecular weight excluding hydrogens is 464 g/mol. The topological polar surface area (TPSA) is 75.9 Å². The molecule has 0 spiro atoms. The number of fused-ring (bicyclic) bond motifs is 3. The fourth-order valence-electron chi connectivity index (χ4n) is 4.99. The number of methoxy groups -OCH3 is 1. The molecule has 0 radical (unpaired) electrons. The molecule has 1 amide bonds. The van der Waals surface area contributed by atoms with Gasteiger partial charge in [-0.3, -0.25) is 4.79 Å². The summed E-state index contributed by atoms with van der Waals surface area (Å²) in [6.45, 7) is 6.40. The van der Waals surface area contributed by atoms with E-state index in [1.807, 2.05) is 57.8 Å². The summed E-state index contributed by atoms with van der Waals surface area (Å²) in [4.78, 5) is 22.7. The van der Waals surface area contributed by atoms with E-state index in [1.54, 1.807) is 7.11 Å². The highest BCUT2D eigenvalue weighted by Gasteiger charge is 2.33. The Morgan fingerprint density at radius 1 is 1.17 bits per heavy atom. The first-order valence-electron chi connectivity index (χ1n) is 11.9. The Morgan fingerprint density at radius 3 is 2.69 bits per heavy atom. The van der Waals surface area contributed by atoms with Crippen LogP contribution in [0.25, 0.3) is 16.6 Å². The minimum absolute atomic E-state index is 0.0169. The molecule has 0 unspecified atom stereocenters. The largest absolute Gasteiger partial charge is 0.377 e. The van der Waals surface area contributed by atoms with Crippen molar-refractivity contribution in [2.75, 3.05) is 31.6 Å². The van der Waals surface area contributed by atoms with Crippen molar-refractivity contribution in [3.05, 3.63) is 64.9 Å². The van der Waals surface area contributed by atoms with Crippen LogP contribution in [0.15, 0.2) is 48.5 Å². The second kappa shape index (κ2) is 9.79. The van der Waals surface area contributed by atoms with Crippen molar-refractivity contribution in [1.29, 1.82) is 0 Å². The third-order valence-corrected chi connectivity index (χ3v) is 6.96. The number of anilines is 1. The fourth-order valence-corrected chi connectivity index (χ4v) is 5.15. The van der Waals surface area contributed by atoms with Gasteiger partial charge in [0, 0.05) is 43.2 Å². The molecule has 0 aliphatic carbocycles. The molecule has 0 bridgehead atoms. The molecule has 1 aliphatic rings. The number of hydrogen-bond acceptors (Lipinski definition) is 6. The Bertz CT molecular complexity index is 1360. The maximum atomic E-state index is 13.5. The highest BCUT2D eigenvalue weighted by atomic mass is 35.5. The molecule has 35 heavy (non-hydrogen) atoms. The highest BCUT2D eigenvalue weighted by molar-refractivity contribution is 6.31. The van der Waals surface area contributed by atoms with E-state index in [2.05, 4.69) is 28.9 Å². The van der Waals surface area contributed by atoms with E-state index in [1.165, 1.54) is 0 Å². The van der Waals surface area contributed by atoms with Crippen LogP contribution in [0.5, 0.6) is 0 Å². The number of halogens is 1. The van der Waals surface area contributed by atoms with Gasteiger partial charge in [-0.25, -0.2) is 9.38 Å². The number of hydrogen-bond donors (Lipinski definition) is 0. The Morgan fingerprint density at radius 2 is 1.97 bits per heavy atom. The summed E-state index contributed by atoms with van der Waals surface area (Å²) in [6.07, 6.45) is 0.768. The molecule has 2 aromatic heterocycles. The minimum Gasteiger partial charge on any atom is -0.377 e. The summed E-state index contributed by atoms with van der Waals surface area (Å²) in [6, 6.07) is 15.7. The molecule has 2 atom stereocenters. The van der Waals surface area contributed by atoms with Gasteiger partial charge in [0.15, 0.2) is 11.5 Å². The van der Waals surface area contributed by atoms with Gasteiger partial charge in [-0.2, -0.15) is 0 Å². The van der Waals surface area contributed by atoms with E-state index in [0.29, 0.717) is 37.1 Å². The van der Waals surface area contributed by atoms with Gasteiger partial charge in [0.05, 0.1) is 11.4 Å². The molecular formula is C26H29ClN6O2. The normalized spacial score (nSPS) is 17.3. The van der Waals surface area contributed by atoms with Gasteiger partial charge in [-0.1, -0.05) is 48.9 Å². The van der Waals surface area contributed by atoms with E-state index < -0.39 is 0 Å². The molecule has 0 saturated carbocycles. The lowest BCUT2D eigenvalue weighted by molar-refractivity contribution is -0.135. The quantitative estimate of drug-likeness (QED) is 0.399. The predicted octanol–water partition coefficient (Wildman–Crippen LogP) is 4.31. The third kappa shape index (κ3) is 4.32. The van der Waals surface area contributed by atoms with Crippen LogP contribution in [0.1, 0.15) is 37.6 Å². The fraction of sp³-hybridized carbons (Fsp3) is 0.385. The maximum Gasteiger partial charge on any atom is 0.230 e. The van der Waals surface area contributed by atoms with Crippen molar-refractivity contribution < 1.29 is 9.53 Å². The number of piperazine rings is 1. The van der Waals surface area contributed by atoms with Gasteiger partial charge in [0.25, 0.3) is 0 Å². The van der Waals surface area contributed by atoms with E-state index >= 15 is 0 Å². The smallest absolute Gasteiger partial charge is 0.230 e. The van der Waals surface area contributed by atoms with Crippen LogP contribution >= 0.6 is 11.6 Å². The van der Waals surface area contributed by atoms with E-state index in [9.17, 15) is 4.79 Å². The van der Waals surface area contributed by atoms with Gasteiger partial charge in [-0.05, 0) is 37.1 Å². The third-order valence-electron chi connectivity index (χ3n) is 6.73. The first-order chi connectivity index (χ1) is 17.0. The van der Waals surface area contributed by atoms with Crippen molar-refractivity contribution in [3.63, 3.8) is 0 Å². The average Bonchev–Trinajstić information content (AvgIpc) is 3.28. The van der Waals surface area contributed by atoms with Crippen LogP contribution in [0.2, 0.25) is 5.02 Å². The Hall–Kier alpha value is -3.23. The highest BCUT2D eigenvalue weighted by Crippen LogP contribution is 2.29. The Kier molecular flexibility index (Phi) is 6.58. The first-order valence-corrected chi connectivity index (χ1v) is 12.3. The molecule has 2 aromatic carbocycles. The second-order valence-electron chi connectivity index (χ2n) is 8.98. The van der Waals surface area contributed by atoms with Gasteiger partial charge in [-0.15, -0.1) is 10.2 Å². The van der Waals surface area contributed by atoms with Gasteiger partial charge in [0.2, 0.25) is 11.9 Å². The van der Waals surface area contributed by atoms with Crippen LogP contribution in [0.3, 0.4) is 0 Å². The van der Waals surface area contributed by atoms with Gasteiger partial charge in [0.1, 0.15) is 6.61 Å². The standard InChI is InChI=1S/C26H29ClN6O2/c1-4-20(18-8-6-5-7-9-18)25(34)32-13-12-31(15-17(32)2)26-28-22-14-19(27)10-11-21(22)24-30-29-23(16-35-3)33(24)26/h5-11,14,17,20H,4,12-13,15-16H2,1-3H3/t17-,20-/m0/s1. The van der Waals surface area contributed by atoms with Crippen molar-refractivity contribution in [2.24, 2.45) is 0 Å². The van der Waals surface area contributed by atoms with Crippen LogP contribution in [0, 0.1) is 0 Å². The molecule has 1 fully saturated rings. The first kappa shape index (κ1) is 23.5. The second-order valence-corrected chi connectivity index (χ2v) is 9.42. The zero-order valence-electron chi connectivity index (χ0n) is 20.2. The summed E-state index contributed by atoms with van der Waals surface area (Å²) in [5.41, 5.74) is 2.55. The zero-order chi connectivity index (χ0) is 24.5. The van der Waals surface area contributed by atoms with Crippen molar-refractivity contribution in [2.45, 2.75) is 38.8 Å². The van der Waals surface area contributed by atoms with E-state index in [-0.39, 0.29) is 17.9 Å². The summed E-state index contributed by atoms with van der Waals surface area (Å²) < 4.78 is 7.34. The molecule has 3 heterocycles. The van der Waals surface area contributed by atoms with Crippen molar-refractivity contribution in [3.8, 4) is 0 Å². The zero-order valence-corrected chi connectivity index (χ0v) is 20.9. The van der Waals surface area contributed by atoms with Crippen molar-refractivity contribution in [1.82, 2.24) is 24.5 Å². The lowest BCUT2D eigenvalue weighted by Gasteiger charge is -2.41. The van der Waals surface area contributed by atoms with Crippen LogP contribution in [-0.4, -0.2) is 63.2 Å². The van der Waals surface area contributed by atoms with Crippen molar-refractivity contribution >= 4 is 40.0 Å². The number of carbonyl (C=O) groups is 1. The number of aromatic nitrogens is 4. The monoisotopic (exact) mass is 492 g/mol. The number of ether oxygens (including phenoxy) is 1. The van der Waals surface area contributed by atoms with Gasteiger partial charge < -0.3 is 14.5 Å². The minimum atomic E-state index is -0.135. The van der Waals surface area contributed by atoms with E-state index in [0.717, 1.165) is 34.5 Å². The lowest BCUT2D eigenvalue weighted by Crippen LogP contribution is -2.55. The number of amides is 1. The molecule has 1 saturated heterocycles. The van der Waals surface area contributed by atoms with Gasteiger partial charge >= 0.3 is 0 Å². The number of carbonyl (C=O) groups excluding carboxylic acids is 1. The van der Waals surface area contributed by atoms with Crippen LogP contribution in [-0.2, 0) is 16.1 Å². The Balaban J connectivity index is 1.47. The maximum absolute atomic E-state index is 13.5. The number of benzene rings is 2. The summed E-state index contributed by atoms with van der Waals surface area (Å²) in [5.74, 6) is 1.46. The Labute approximate surface area is 209 Å². The summed E-state index contributed by atoms with van der Waals surface area (Å²) in [7, 11) is 1.64. The van der Waals surface area contributed by atoms with Crippen LogP contribution < -0.4 is 4.90 Å². The molecule has 182 valence electrons. The molecule has 0 N–H and O–H groups in total. The molecule has 1 aliphatic heterocycles. The predicted molar refractivity (Wildman–Crippen MR) is 137 cm³/mol. The van der Waals surface area contributed by atoms with E-state index in [4.69, 9.17) is 21.3 Å². The lowest BCUT2D eigenvalue weighted by atomic mass is 9.94. The number of rotatable bonds is 6. The molecule has 8 nitrogen and oxygen atoms in total. The molecule has 9 heteroatoms. The summed E-state index contributed by atoms with van der Waals surface area (Å²) in [5, 5.41) is 10.3. The summed E-state index contributed by atoms with van der Waals surface area (Å²) >= 11 is 6.27. The molecule has 5 rings (SSSR count). The molecule has 4 aromatic rings.